The van der Waals surface area contributed by atoms with Crippen LogP contribution in [0, 0.1) is 0 Å². The number of aliphatic carboxylic acids is 1. The SMILES string of the molecule is O=C(O)C(O)C(O)c1ccc(C(F)(F)F)cc1. The monoisotopic (exact) mass is 250 g/mol. The van der Waals surface area contributed by atoms with Crippen LogP contribution in [0.15, 0.2) is 24.3 Å². The van der Waals surface area contributed by atoms with Crippen LogP contribution in [0.25, 0.3) is 0 Å². The first-order chi connectivity index (χ1) is 7.73. The molecule has 7 heteroatoms. The lowest BCUT2D eigenvalue weighted by atomic mass is 10.0. The van der Waals surface area contributed by atoms with Crippen LogP contribution in [0.2, 0.25) is 0 Å². The lowest BCUT2D eigenvalue weighted by molar-refractivity contribution is -0.153. The van der Waals surface area contributed by atoms with Gasteiger partial charge in [0.15, 0.2) is 6.10 Å². The van der Waals surface area contributed by atoms with Crippen molar-refractivity contribution in [1.29, 1.82) is 0 Å². The summed E-state index contributed by atoms with van der Waals surface area (Å²) in [6.45, 7) is 0. The smallest absolute Gasteiger partial charge is 0.416 e. The first-order valence-electron chi connectivity index (χ1n) is 4.49. The van der Waals surface area contributed by atoms with Gasteiger partial charge in [0.1, 0.15) is 6.10 Å². The number of carboxylic acid groups (broad SMARTS) is 1. The van der Waals surface area contributed by atoms with E-state index in [0.29, 0.717) is 12.1 Å². The number of aliphatic hydroxyl groups is 2. The first kappa shape index (κ1) is 13.5. The van der Waals surface area contributed by atoms with E-state index in [0.717, 1.165) is 12.1 Å². The summed E-state index contributed by atoms with van der Waals surface area (Å²) >= 11 is 0. The van der Waals surface area contributed by atoms with Gasteiger partial charge in [-0.3, -0.25) is 0 Å². The van der Waals surface area contributed by atoms with E-state index in [9.17, 15) is 23.1 Å². The lowest BCUT2D eigenvalue weighted by Crippen LogP contribution is -2.27. The predicted molar refractivity (Wildman–Crippen MR) is 50.0 cm³/mol. The number of rotatable bonds is 3. The van der Waals surface area contributed by atoms with Crippen molar-refractivity contribution in [3.63, 3.8) is 0 Å². The number of aliphatic hydroxyl groups excluding tert-OH is 2. The van der Waals surface area contributed by atoms with Gasteiger partial charge in [0.2, 0.25) is 0 Å². The summed E-state index contributed by atoms with van der Waals surface area (Å²) in [5.74, 6) is -1.66. The molecular weight excluding hydrogens is 241 g/mol. The third kappa shape index (κ3) is 3.18. The average Bonchev–Trinajstić information content (AvgIpc) is 2.26. The number of hydrogen-bond acceptors (Lipinski definition) is 3. The minimum absolute atomic E-state index is 0.104. The molecule has 1 aromatic carbocycles. The maximum Gasteiger partial charge on any atom is 0.416 e. The quantitative estimate of drug-likeness (QED) is 0.752. The maximum atomic E-state index is 12.2. The fraction of sp³-hybridized carbons (Fsp3) is 0.300. The van der Waals surface area contributed by atoms with Gasteiger partial charge in [-0.15, -0.1) is 0 Å². The van der Waals surface area contributed by atoms with Crippen LogP contribution in [-0.2, 0) is 11.0 Å². The average molecular weight is 250 g/mol. The zero-order valence-corrected chi connectivity index (χ0v) is 8.35. The van der Waals surface area contributed by atoms with E-state index >= 15 is 0 Å². The normalized spacial score (nSPS) is 15.4. The van der Waals surface area contributed by atoms with E-state index < -0.39 is 29.9 Å². The summed E-state index contributed by atoms with van der Waals surface area (Å²) in [6.07, 6.45) is -8.35. The largest absolute Gasteiger partial charge is 0.479 e. The van der Waals surface area contributed by atoms with Gasteiger partial charge in [-0.2, -0.15) is 13.2 Å². The Morgan fingerprint density at radius 1 is 1.12 bits per heavy atom. The Balaban J connectivity index is 2.92. The van der Waals surface area contributed by atoms with Crippen molar-refractivity contribution >= 4 is 5.97 Å². The molecule has 3 N–H and O–H groups in total. The highest BCUT2D eigenvalue weighted by molar-refractivity contribution is 5.73. The molecule has 0 radical (unpaired) electrons. The molecule has 1 aromatic rings. The zero-order valence-electron chi connectivity index (χ0n) is 8.35. The second-order valence-electron chi connectivity index (χ2n) is 3.35. The Labute approximate surface area is 93.9 Å². The van der Waals surface area contributed by atoms with Crippen molar-refractivity contribution in [2.45, 2.75) is 18.4 Å². The standard InChI is InChI=1S/C10H9F3O4/c11-10(12,13)6-3-1-5(2-4-6)7(14)8(15)9(16)17/h1-4,7-8,14-15H,(H,16,17). The van der Waals surface area contributed by atoms with E-state index in [1.165, 1.54) is 0 Å². The van der Waals surface area contributed by atoms with E-state index in [4.69, 9.17) is 10.2 Å². The van der Waals surface area contributed by atoms with Gasteiger partial charge in [-0.05, 0) is 17.7 Å². The molecule has 17 heavy (non-hydrogen) atoms. The number of benzene rings is 1. The summed E-state index contributed by atoms with van der Waals surface area (Å²) in [4.78, 5) is 10.4. The van der Waals surface area contributed by atoms with Crippen LogP contribution in [0.1, 0.15) is 17.2 Å². The van der Waals surface area contributed by atoms with Crippen LogP contribution < -0.4 is 0 Å². The van der Waals surface area contributed by atoms with Crippen molar-refractivity contribution in [3.8, 4) is 0 Å². The molecule has 4 nitrogen and oxygen atoms in total. The number of alkyl halides is 3. The summed E-state index contributed by atoms with van der Waals surface area (Å²) in [5.41, 5.74) is -1.02. The highest BCUT2D eigenvalue weighted by Gasteiger charge is 2.31. The predicted octanol–water partition coefficient (Wildman–Crippen LogP) is 1.18. The lowest BCUT2D eigenvalue weighted by Gasteiger charge is -2.15. The molecule has 2 atom stereocenters. The molecule has 0 fully saturated rings. The molecule has 0 bridgehead atoms. The van der Waals surface area contributed by atoms with Gasteiger partial charge in [-0.25, -0.2) is 4.79 Å². The fourth-order valence-electron chi connectivity index (χ4n) is 1.19. The molecule has 0 aliphatic heterocycles. The van der Waals surface area contributed by atoms with E-state index in [-0.39, 0.29) is 5.56 Å². The summed E-state index contributed by atoms with van der Waals surface area (Å²) < 4.78 is 36.6. The second kappa shape index (κ2) is 4.72. The zero-order chi connectivity index (χ0) is 13.2. The molecule has 2 unspecified atom stereocenters. The molecule has 0 spiro atoms. The molecule has 94 valence electrons. The molecular formula is C10H9F3O4. The summed E-state index contributed by atoms with van der Waals surface area (Å²) in [5, 5.41) is 26.8. The fourth-order valence-corrected chi connectivity index (χ4v) is 1.19. The Hall–Kier alpha value is -1.60. The molecule has 0 saturated carbocycles. The molecule has 1 rings (SSSR count). The summed E-state index contributed by atoms with van der Waals surface area (Å²) in [6, 6.07) is 3.24. The van der Waals surface area contributed by atoms with Crippen molar-refractivity contribution in [2.24, 2.45) is 0 Å². The van der Waals surface area contributed by atoms with Crippen molar-refractivity contribution < 1.29 is 33.3 Å². The highest BCUT2D eigenvalue weighted by Crippen LogP contribution is 2.30. The Morgan fingerprint density at radius 3 is 1.94 bits per heavy atom. The highest BCUT2D eigenvalue weighted by atomic mass is 19.4. The Morgan fingerprint density at radius 2 is 1.59 bits per heavy atom. The first-order valence-corrected chi connectivity index (χ1v) is 4.49. The Kier molecular flexibility index (Phi) is 3.74. The number of halogens is 3. The summed E-state index contributed by atoms with van der Waals surface area (Å²) in [7, 11) is 0. The molecule has 0 aromatic heterocycles. The minimum atomic E-state index is -4.51. The molecule has 0 heterocycles. The van der Waals surface area contributed by atoms with E-state index in [1.54, 1.807) is 0 Å². The van der Waals surface area contributed by atoms with Gasteiger partial charge in [-0.1, -0.05) is 12.1 Å². The molecule has 0 aliphatic rings. The Bertz CT molecular complexity index is 399. The van der Waals surface area contributed by atoms with Gasteiger partial charge in [0.25, 0.3) is 0 Å². The number of carbonyl (C=O) groups is 1. The van der Waals surface area contributed by atoms with Crippen LogP contribution in [0.3, 0.4) is 0 Å². The van der Waals surface area contributed by atoms with Crippen LogP contribution in [0.5, 0.6) is 0 Å². The number of carboxylic acids is 1. The van der Waals surface area contributed by atoms with E-state index in [2.05, 4.69) is 0 Å². The molecule has 0 saturated heterocycles. The van der Waals surface area contributed by atoms with Gasteiger partial charge in [0, 0.05) is 0 Å². The number of hydrogen-bond donors (Lipinski definition) is 3. The van der Waals surface area contributed by atoms with Crippen LogP contribution >= 0.6 is 0 Å². The second-order valence-corrected chi connectivity index (χ2v) is 3.35. The van der Waals surface area contributed by atoms with Crippen LogP contribution in [0.4, 0.5) is 13.2 Å². The van der Waals surface area contributed by atoms with E-state index in [1.807, 2.05) is 0 Å². The maximum absolute atomic E-state index is 12.2. The molecule has 0 amide bonds. The third-order valence-electron chi connectivity index (χ3n) is 2.13. The van der Waals surface area contributed by atoms with Crippen molar-refractivity contribution in [2.75, 3.05) is 0 Å². The molecule has 0 aliphatic carbocycles. The van der Waals surface area contributed by atoms with Crippen molar-refractivity contribution in [1.82, 2.24) is 0 Å². The van der Waals surface area contributed by atoms with Crippen LogP contribution in [-0.4, -0.2) is 27.4 Å². The van der Waals surface area contributed by atoms with Gasteiger partial charge >= 0.3 is 12.1 Å². The van der Waals surface area contributed by atoms with Crippen molar-refractivity contribution in [3.05, 3.63) is 35.4 Å². The third-order valence-corrected chi connectivity index (χ3v) is 2.13. The van der Waals surface area contributed by atoms with Gasteiger partial charge in [0.05, 0.1) is 5.56 Å². The van der Waals surface area contributed by atoms with Gasteiger partial charge < -0.3 is 15.3 Å². The topological polar surface area (TPSA) is 77.8 Å². The minimum Gasteiger partial charge on any atom is -0.479 e.